The zero-order valence-electron chi connectivity index (χ0n) is 17.6. The van der Waals surface area contributed by atoms with Gasteiger partial charge in [0.2, 0.25) is 0 Å². The average molecular weight is 482 g/mol. The Hall–Kier alpha value is -3.49. The maximum atomic E-state index is 12.5. The fourth-order valence-corrected chi connectivity index (χ4v) is 4.34. The van der Waals surface area contributed by atoms with Crippen molar-refractivity contribution >= 4 is 46.7 Å². The maximum Gasteiger partial charge on any atom is 0.269 e. The molecule has 1 atom stereocenters. The van der Waals surface area contributed by atoms with Crippen LogP contribution in [0.2, 0.25) is 5.02 Å². The zero-order chi connectivity index (χ0) is 23.4. The number of nitro benzene ring substituents is 1. The summed E-state index contributed by atoms with van der Waals surface area (Å²) < 4.78 is 5.93. The minimum Gasteiger partial charge on any atom is -0.488 e. The van der Waals surface area contributed by atoms with Crippen molar-refractivity contribution in [2.24, 2.45) is 0 Å². The number of halogens is 1. The first kappa shape index (κ1) is 22.7. The normalized spacial score (nSPS) is 16.5. The van der Waals surface area contributed by atoms with Gasteiger partial charge in [-0.2, -0.15) is 0 Å². The molecular weight excluding hydrogens is 462 g/mol. The van der Waals surface area contributed by atoms with E-state index in [1.54, 1.807) is 18.2 Å². The highest BCUT2D eigenvalue weighted by Crippen LogP contribution is 2.33. The van der Waals surface area contributed by atoms with Gasteiger partial charge in [0.1, 0.15) is 12.4 Å². The molecule has 0 aromatic heterocycles. The van der Waals surface area contributed by atoms with Crippen molar-refractivity contribution in [2.45, 2.75) is 19.0 Å². The molecule has 168 valence electrons. The van der Waals surface area contributed by atoms with Gasteiger partial charge in [-0.25, -0.2) is 0 Å². The van der Waals surface area contributed by atoms with Gasteiger partial charge in [-0.15, -0.1) is 0 Å². The molecular formula is C24H20ClN3O4S. The number of anilines is 1. The number of thioether (sulfide) groups is 1. The van der Waals surface area contributed by atoms with E-state index in [-0.39, 0.29) is 23.7 Å². The van der Waals surface area contributed by atoms with Gasteiger partial charge in [-0.05, 0) is 54.5 Å². The summed E-state index contributed by atoms with van der Waals surface area (Å²) in [7, 11) is 0. The Morgan fingerprint density at radius 3 is 2.70 bits per heavy atom. The van der Waals surface area contributed by atoms with E-state index >= 15 is 0 Å². The summed E-state index contributed by atoms with van der Waals surface area (Å²) >= 11 is 7.47. The van der Waals surface area contributed by atoms with Gasteiger partial charge in [0.25, 0.3) is 11.6 Å². The highest BCUT2D eigenvalue weighted by atomic mass is 35.5. The number of carbonyl (C=O) groups is 1. The van der Waals surface area contributed by atoms with E-state index in [2.05, 4.69) is 10.6 Å². The number of amides is 1. The summed E-state index contributed by atoms with van der Waals surface area (Å²) in [4.78, 5) is 23.5. The molecule has 9 heteroatoms. The number of hydrogen-bond acceptors (Lipinski definition) is 6. The van der Waals surface area contributed by atoms with Crippen molar-refractivity contribution in [3.63, 3.8) is 0 Å². The fraction of sp³-hybridized carbons (Fsp3) is 0.125. The number of non-ortho nitro benzene ring substituents is 1. The molecule has 0 radical (unpaired) electrons. The molecule has 0 saturated carbocycles. The van der Waals surface area contributed by atoms with Crippen LogP contribution in [0.4, 0.5) is 11.4 Å². The van der Waals surface area contributed by atoms with Gasteiger partial charge in [0, 0.05) is 28.4 Å². The van der Waals surface area contributed by atoms with E-state index in [1.165, 1.54) is 23.9 Å². The van der Waals surface area contributed by atoms with Crippen molar-refractivity contribution in [1.82, 2.24) is 5.32 Å². The van der Waals surface area contributed by atoms with Crippen LogP contribution in [0.3, 0.4) is 0 Å². The molecule has 3 aromatic carbocycles. The number of nitrogens with zero attached hydrogens (tertiary/aromatic N) is 1. The van der Waals surface area contributed by atoms with Crippen LogP contribution in [0, 0.1) is 17.0 Å². The van der Waals surface area contributed by atoms with Crippen molar-refractivity contribution in [3.05, 3.63) is 103 Å². The predicted molar refractivity (Wildman–Crippen MR) is 131 cm³/mol. The van der Waals surface area contributed by atoms with Crippen LogP contribution < -0.4 is 15.4 Å². The third-order valence-electron chi connectivity index (χ3n) is 4.96. The molecule has 1 fully saturated rings. The molecule has 2 N–H and O–H groups in total. The number of nitro groups is 1. The lowest BCUT2D eigenvalue weighted by Gasteiger charge is -2.15. The minimum atomic E-state index is -0.438. The summed E-state index contributed by atoms with van der Waals surface area (Å²) in [5, 5.41) is 17.6. The molecule has 7 nitrogen and oxygen atoms in total. The van der Waals surface area contributed by atoms with Crippen LogP contribution in [-0.2, 0) is 11.4 Å². The largest absolute Gasteiger partial charge is 0.488 e. The van der Waals surface area contributed by atoms with Crippen LogP contribution >= 0.6 is 23.4 Å². The molecule has 1 heterocycles. The molecule has 0 bridgehead atoms. The Labute approximate surface area is 199 Å². The SMILES string of the molecule is Cc1ccc(Cl)cc1NC1NC(=O)/C(=C/c2ccccc2OCc2ccc([N+](=O)[O-])cc2)S1. The smallest absolute Gasteiger partial charge is 0.269 e. The van der Waals surface area contributed by atoms with Crippen molar-refractivity contribution in [1.29, 1.82) is 0 Å². The van der Waals surface area contributed by atoms with E-state index in [4.69, 9.17) is 16.3 Å². The second kappa shape index (κ2) is 9.97. The van der Waals surface area contributed by atoms with Crippen LogP contribution in [0.1, 0.15) is 16.7 Å². The molecule has 0 spiro atoms. The third kappa shape index (κ3) is 5.66. The minimum absolute atomic E-state index is 0.0317. The third-order valence-corrected chi connectivity index (χ3v) is 6.23. The van der Waals surface area contributed by atoms with Crippen molar-refractivity contribution in [3.8, 4) is 5.75 Å². The summed E-state index contributed by atoms with van der Waals surface area (Å²) in [6, 6.07) is 19.2. The number of nitrogens with one attached hydrogen (secondary N) is 2. The highest BCUT2D eigenvalue weighted by Gasteiger charge is 2.27. The second-order valence-electron chi connectivity index (χ2n) is 7.33. The Morgan fingerprint density at radius 1 is 1.18 bits per heavy atom. The number of benzene rings is 3. The summed E-state index contributed by atoms with van der Waals surface area (Å²) in [6.45, 7) is 2.21. The quantitative estimate of drug-likeness (QED) is 0.254. The van der Waals surface area contributed by atoms with Gasteiger partial charge < -0.3 is 15.4 Å². The van der Waals surface area contributed by atoms with Gasteiger partial charge >= 0.3 is 0 Å². The molecule has 3 aromatic rings. The monoisotopic (exact) mass is 481 g/mol. The average Bonchev–Trinajstić information content (AvgIpc) is 3.14. The van der Waals surface area contributed by atoms with Crippen LogP contribution in [-0.4, -0.2) is 16.3 Å². The molecule has 1 saturated heterocycles. The second-order valence-corrected chi connectivity index (χ2v) is 8.92. The topological polar surface area (TPSA) is 93.5 Å². The molecule has 1 amide bonds. The lowest BCUT2D eigenvalue weighted by Crippen LogP contribution is -2.31. The molecule has 1 aliphatic heterocycles. The first-order valence-electron chi connectivity index (χ1n) is 10.1. The number of ether oxygens (including phenoxy) is 1. The number of hydrogen-bond donors (Lipinski definition) is 2. The molecule has 1 aliphatic rings. The number of para-hydroxylation sites is 1. The Kier molecular flexibility index (Phi) is 6.86. The standard InChI is InChI=1S/C24H20ClN3O4S/c1-15-6-9-18(25)13-20(15)26-24-27-23(29)22(33-24)12-17-4-2-3-5-21(17)32-14-16-7-10-19(11-8-16)28(30)31/h2-13,24,26H,14H2,1H3,(H,27,29)/b22-12-. The maximum absolute atomic E-state index is 12.5. The van der Waals surface area contributed by atoms with E-state index < -0.39 is 4.92 Å². The van der Waals surface area contributed by atoms with E-state index in [0.29, 0.717) is 15.7 Å². The lowest BCUT2D eigenvalue weighted by molar-refractivity contribution is -0.384. The summed E-state index contributed by atoms with van der Waals surface area (Å²) in [5.41, 5.74) is 3.15. The molecule has 1 unspecified atom stereocenters. The Balaban J connectivity index is 1.46. The van der Waals surface area contributed by atoms with Gasteiger partial charge in [0.05, 0.1) is 9.83 Å². The highest BCUT2D eigenvalue weighted by molar-refractivity contribution is 8.05. The van der Waals surface area contributed by atoms with Crippen LogP contribution in [0.5, 0.6) is 5.75 Å². The number of rotatable bonds is 7. The molecule has 0 aliphatic carbocycles. The number of carbonyl (C=O) groups excluding carboxylic acids is 1. The molecule has 4 rings (SSSR count). The van der Waals surface area contributed by atoms with Crippen molar-refractivity contribution < 1.29 is 14.5 Å². The fourth-order valence-electron chi connectivity index (χ4n) is 3.20. The summed E-state index contributed by atoms with van der Waals surface area (Å²) in [5.74, 6) is 0.432. The Morgan fingerprint density at radius 2 is 1.94 bits per heavy atom. The van der Waals surface area contributed by atoms with E-state index in [9.17, 15) is 14.9 Å². The van der Waals surface area contributed by atoms with Crippen LogP contribution in [0.15, 0.2) is 71.6 Å². The predicted octanol–water partition coefficient (Wildman–Crippen LogP) is 5.74. The first-order chi connectivity index (χ1) is 15.9. The van der Waals surface area contributed by atoms with Crippen LogP contribution in [0.25, 0.3) is 6.08 Å². The first-order valence-corrected chi connectivity index (χ1v) is 11.3. The zero-order valence-corrected chi connectivity index (χ0v) is 19.2. The van der Waals surface area contributed by atoms with Gasteiger partial charge in [-0.3, -0.25) is 14.9 Å². The van der Waals surface area contributed by atoms with Gasteiger partial charge in [0.15, 0.2) is 5.50 Å². The van der Waals surface area contributed by atoms with E-state index in [0.717, 1.165) is 22.4 Å². The van der Waals surface area contributed by atoms with Crippen molar-refractivity contribution in [2.75, 3.05) is 5.32 Å². The summed E-state index contributed by atoms with van der Waals surface area (Å²) in [6.07, 6.45) is 1.79. The molecule has 33 heavy (non-hydrogen) atoms. The van der Waals surface area contributed by atoms with E-state index in [1.807, 2.05) is 49.4 Å². The lowest BCUT2D eigenvalue weighted by atomic mass is 10.1. The van der Waals surface area contributed by atoms with Gasteiger partial charge in [-0.1, -0.05) is 47.6 Å². The number of aryl methyl sites for hydroxylation is 1. The Bertz CT molecular complexity index is 1230.